The SMILES string of the molecule is [B]C([B])([B])N1C(=O)c2cccc(OC(F)F)c2[C@H]2CC1c1nc3ccc(B4OC(C)(C)C(C)(C)O4)cc3n12. The number of halogens is 2. The number of nitrogens with zero attached hydrogens (tertiary/aromatic N) is 3. The molecule has 6 rings (SSSR count). The molecule has 2 aromatic carbocycles. The third-order valence-corrected chi connectivity index (χ3v) is 8.12. The lowest BCUT2D eigenvalue weighted by molar-refractivity contribution is -0.0507. The van der Waals surface area contributed by atoms with Gasteiger partial charge in [-0.2, -0.15) is 8.78 Å². The normalized spacial score (nSPS) is 23.6. The standard InChI is InChI=1S/C25H23B4F2N3O4/c1-23(2)24(3,4)38-29(37-23)12-8-9-14-15(10-12)33-16-11-17(20(33)32-14)34(25(26,27)28)21(35)13-6-5-7-18(19(13)16)36-22(30)31/h5-10,16-17,22H,11H2,1-4H3/t16-,17?/m1/s1. The first-order chi connectivity index (χ1) is 17.7. The summed E-state index contributed by atoms with van der Waals surface area (Å²) in [6.45, 7) is 4.81. The van der Waals surface area contributed by atoms with Gasteiger partial charge in [-0.15, -0.1) is 0 Å². The average Bonchev–Trinajstić information content (AvgIpc) is 3.37. The van der Waals surface area contributed by atoms with E-state index in [9.17, 15) is 13.6 Å². The molecule has 2 bridgehead atoms. The Labute approximate surface area is 223 Å². The van der Waals surface area contributed by atoms with E-state index >= 15 is 0 Å². The van der Waals surface area contributed by atoms with E-state index in [1.165, 1.54) is 18.2 Å². The van der Waals surface area contributed by atoms with E-state index in [-0.39, 0.29) is 17.7 Å². The first kappa shape index (κ1) is 25.5. The second kappa shape index (κ2) is 8.11. The van der Waals surface area contributed by atoms with Crippen LogP contribution in [0.3, 0.4) is 0 Å². The van der Waals surface area contributed by atoms with Crippen molar-refractivity contribution in [2.45, 2.75) is 69.3 Å². The summed E-state index contributed by atoms with van der Waals surface area (Å²) in [6, 6.07) is 8.76. The number of carbonyl (C=O) groups excluding carboxylic acids is 1. The maximum atomic E-state index is 13.7. The molecule has 3 aromatic rings. The number of hydrogen-bond acceptors (Lipinski definition) is 5. The van der Waals surface area contributed by atoms with Crippen LogP contribution in [-0.2, 0) is 9.31 Å². The molecule has 0 aliphatic carbocycles. The summed E-state index contributed by atoms with van der Waals surface area (Å²) < 4.78 is 46.1. The summed E-state index contributed by atoms with van der Waals surface area (Å²) >= 11 is 0. The van der Waals surface area contributed by atoms with Crippen LogP contribution in [0.2, 0.25) is 0 Å². The molecule has 13 heteroatoms. The number of benzene rings is 2. The van der Waals surface area contributed by atoms with Gasteiger partial charge in [-0.05, 0) is 57.4 Å². The van der Waals surface area contributed by atoms with Crippen LogP contribution in [0, 0.1) is 0 Å². The van der Waals surface area contributed by atoms with Gasteiger partial charge >= 0.3 is 13.7 Å². The molecule has 1 saturated heterocycles. The lowest BCUT2D eigenvalue weighted by Gasteiger charge is -2.41. The van der Waals surface area contributed by atoms with Crippen molar-refractivity contribution in [1.82, 2.24) is 14.5 Å². The predicted octanol–water partition coefficient (Wildman–Crippen LogP) is 2.54. The van der Waals surface area contributed by atoms with Gasteiger partial charge < -0.3 is 23.5 Å². The number of imidazole rings is 1. The molecule has 3 aliphatic heterocycles. The summed E-state index contributed by atoms with van der Waals surface area (Å²) in [7, 11) is 17.6. The largest absolute Gasteiger partial charge is 0.494 e. The number of alkyl halides is 2. The molecular weight excluding hydrogens is 488 g/mol. The Balaban J connectivity index is 1.56. The van der Waals surface area contributed by atoms with Gasteiger partial charge in [-0.1, -0.05) is 17.4 Å². The zero-order valence-corrected chi connectivity index (χ0v) is 21.4. The smallest absolute Gasteiger partial charge is 0.434 e. The Morgan fingerprint density at radius 3 is 2.42 bits per heavy atom. The molecule has 3 aliphatic rings. The highest BCUT2D eigenvalue weighted by molar-refractivity contribution is 6.62. The third kappa shape index (κ3) is 3.65. The topological polar surface area (TPSA) is 65.8 Å². The van der Waals surface area contributed by atoms with E-state index in [2.05, 4.69) is 0 Å². The van der Waals surface area contributed by atoms with E-state index in [4.69, 9.17) is 42.6 Å². The second-order valence-corrected chi connectivity index (χ2v) is 11.1. The van der Waals surface area contributed by atoms with Gasteiger partial charge in [0.25, 0.3) is 5.91 Å². The van der Waals surface area contributed by atoms with E-state index in [0.717, 1.165) is 10.4 Å². The Kier molecular flexibility index (Phi) is 5.44. The van der Waals surface area contributed by atoms with Crippen molar-refractivity contribution < 1.29 is 27.6 Å². The zero-order valence-electron chi connectivity index (χ0n) is 21.4. The van der Waals surface area contributed by atoms with E-state index in [1.54, 1.807) is 0 Å². The van der Waals surface area contributed by atoms with Gasteiger partial charge in [-0.25, -0.2) is 4.98 Å². The van der Waals surface area contributed by atoms with Gasteiger partial charge in [0.05, 0.1) is 57.9 Å². The number of carbonyl (C=O) groups is 1. The van der Waals surface area contributed by atoms with E-state index in [1.807, 2.05) is 50.5 Å². The fraction of sp³-hybridized carbons (Fsp3) is 0.440. The number of fused-ring (bicyclic) bond motifs is 9. The lowest BCUT2D eigenvalue weighted by atomic mass is 9.48. The first-order valence-electron chi connectivity index (χ1n) is 12.3. The molecule has 1 fully saturated rings. The minimum absolute atomic E-state index is 0.107. The lowest BCUT2D eigenvalue weighted by Crippen LogP contribution is -2.54. The Bertz CT molecular complexity index is 1460. The summed E-state index contributed by atoms with van der Waals surface area (Å²) in [5.41, 5.74) is 1.49. The van der Waals surface area contributed by atoms with Crippen LogP contribution in [-0.4, -0.2) is 74.1 Å². The van der Waals surface area contributed by atoms with Crippen molar-refractivity contribution in [3.63, 3.8) is 0 Å². The van der Waals surface area contributed by atoms with Gasteiger partial charge in [-0.3, -0.25) is 4.79 Å². The van der Waals surface area contributed by atoms with Crippen molar-refractivity contribution in [2.75, 3.05) is 0 Å². The number of ether oxygens (including phenoxy) is 1. The summed E-state index contributed by atoms with van der Waals surface area (Å²) in [6.07, 6.45) is 0.273. The molecule has 7 nitrogen and oxygen atoms in total. The predicted molar refractivity (Wildman–Crippen MR) is 140 cm³/mol. The highest BCUT2D eigenvalue weighted by atomic mass is 19.3. The van der Waals surface area contributed by atoms with Gasteiger partial charge in [0, 0.05) is 17.5 Å². The molecule has 1 amide bonds. The van der Waals surface area contributed by atoms with Crippen LogP contribution >= 0.6 is 0 Å². The van der Waals surface area contributed by atoms with Gasteiger partial charge in [0.2, 0.25) is 0 Å². The fourth-order valence-corrected chi connectivity index (χ4v) is 5.70. The maximum absolute atomic E-state index is 13.7. The van der Waals surface area contributed by atoms with Crippen molar-refractivity contribution in [3.8, 4) is 5.75 Å². The second-order valence-electron chi connectivity index (χ2n) is 11.1. The Morgan fingerprint density at radius 1 is 1.11 bits per heavy atom. The van der Waals surface area contributed by atoms with E-state index < -0.39 is 48.2 Å². The average molecular weight is 511 g/mol. The van der Waals surface area contributed by atoms with Crippen LogP contribution in [0.1, 0.15) is 67.9 Å². The fourth-order valence-electron chi connectivity index (χ4n) is 5.70. The monoisotopic (exact) mass is 511 g/mol. The molecule has 1 unspecified atom stereocenters. The molecule has 6 radical (unpaired) electrons. The van der Waals surface area contributed by atoms with Crippen LogP contribution in [0.15, 0.2) is 36.4 Å². The van der Waals surface area contributed by atoms with Gasteiger partial charge in [0.15, 0.2) is 0 Å². The third-order valence-electron chi connectivity index (χ3n) is 8.12. The summed E-state index contributed by atoms with van der Waals surface area (Å²) in [5, 5.41) is -2.03. The highest BCUT2D eigenvalue weighted by Crippen LogP contribution is 2.51. The van der Waals surface area contributed by atoms with Crippen molar-refractivity contribution in [1.29, 1.82) is 0 Å². The van der Waals surface area contributed by atoms with Crippen LogP contribution < -0.4 is 10.2 Å². The molecule has 0 N–H and O–H groups in total. The van der Waals surface area contributed by atoms with Crippen molar-refractivity contribution in [2.24, 2.45) is 0 Å². The van der Waals surface area contributed by atoms with Crippen molar-refractivity contribution in [3.05, 3.63) is 53.3 Å². The molecule has 1 aromatic heterocycles. The minimum Gasteiger partial charge on any atom is -0.434 e. The maximum Gasteiger partial charge on any atom is 0.494 e. The summed E-state index contributed by atoms with van der Waals surface area (Å²) in [4.78, 5) is 19.6. The number of hydrogen-bond donors (Lipinski definition) is 0. The first-order valence-corrected chi connectivity index (χ1v) is 12.3. The highest BCUT2D eigenvalue weighted by Gasteiger charge is 2.52. The van der Waals surface area contributed by atoms with Crippen LogP contribution in [0.25, 0.3) is 11.0 Å². The molecule has 188 valence electrons. The Hall–Kier alpha value is -2.78. The molecule has 0 saturated carbocycles. The van der Waals surface area contributed by atoms with Crippen LogP contribution in [0.5, 0.6) is 5.75 Å². The van der Waals surface area contributed by atoms with E-state index in [0.29, 0.717) is 22.4 Å². The number of rotatable bonds is 4. The molecule has 0 spiro atoms. The molecule has 2 atom stereocenters. The molecular formula is C25H23B4F2N3O4. The van der Waals surface area contributed by atoms with Gasteiger partial charge in [0.1, 0.15) is 11.6 Å². The minimum atomic E-state index is -3.08. The van der Waals surface area contributed by atoms with Crippen molar-refractivity contribution >= 4 is 53.1 Å². The molecule has 4 heterocycles. The molecule has 38 heavy (non-hydrogen) atoms. The Morgan fingerprint density at radius 2 is 1.79 bits per heavy atom. The number of aromatic nitrogens is 2. The zero-order chi connectivity index (χ0) is 27.4. The summed E-state index contributed by atoms with van der Waals surface area (Å²) in [5.74, 6) is -0.200. The van der Waals surface area contributed by atoms with Crippen LogP contribution in [0.4, 0.5) is 8.78 Å². The quantitative estimate of drug-likeness (QED) is 0.505. The number of amides is 1.